The molecule has 86 valence electrons. The molecule has 0 bridgehead atoms. The van der Waals surface area contributed by atoms with Gasteiger partial charge in [-0.05, 0) is 13.0 Å². The summed E-state index contributed by atoms with van der Waals surface area (Å²) in [6.45, 7) is 2.65. The van der Waals surface area contributed by atoms with E-state index in [1.165, 1.54) is 6.07 Å². The molecule has 5 heteroatoms. The van der Waals surface area contributed by atoms with E-state index in [0.29, 0.717) is 13.1 Å². The molecule has 3 nitrogen and oxygen atoms in total. The maximum Gasteiger partial charge on any atom is 0.244 e. The van der Waals surface area contributed by atoms with Gasteiger partial charge in [0, 0.05) is 24.7 Å². The minimum atomic E-state index is -1.13. The molecule has 1 aliphatic heterocycles. The van der Waals surface area contributed by atoms with Crippen molar-refractivity contribution in [2.75, 3.05) is 13.1 Å². The largest absolute Gasteiger partial charge is 0.353 e. The number of carbonyl (C=O) groups is 1. The van der Waals surface area contributed by atoms with Gasteiger partial charge in [-0.3, -0.25) is 10.1 Å². The van der Waals surface area contributed by atoms with Crippen LogP contribution in [0.15, 0.2) is 18.2 Å². The van der Waals surface area contributed by atoms with Crippen molar-refractivity contribution in [2.45, 2.75) is 12.5 Å². The summed E-state index contributed by atoms with van der Waals surface area (Å²) >= 11 is 0. The van der Waals surface area contributed by atoms with Crippen LogP contribution in [0.1, 0.15) is 12.5 Å². The van der Waals surface area contributed by atoms with Crippen molar-refractivity contribution in [1.82, 2.24) is 10.6 Å². The Morgan fingerprint density at radius 1 is 1.31 bits per heavy atom. The lowest BCUT2D eigenvalue weighted by Crippen LogP contribution is -2.59. The van der Waals surface area contributed by atoms with Crippen molar-refractivity contribution in [2.24, 2.45) is 0 Å². The predicted molar refractivity (Wildman–Crippen MR) is 54.7 cm³/mol. The van der Waals surface area contributed by atoms with E-state index in [1.807, 2.05) is 0 Å². The molecule has 1 heterocycles. The topological polar surface area (TPSA) is 41.1 Å². The van der Waals surface area contributed by atoms with E-state index < -0.39 is 17.2 Å². The van der Waals surface area contributed by atoms with Gasteiger partial charge in [0.2, 0.25) is 5.91 Å². The predicted octanol–water partition coefficient (Wildman–Crippen LogP) is 0.899. The lowest BCUT2D eigenvalue weighted by Gasteiger charge is -2.34. The van der Waals surface area contributed by atoms with Crippen molar-refractivity contribution in [3.63, 3.8) is 0 Å². The quantitative estimate of drug-likeness (QED) is 0.747. The molecule has 1 aromatic carbocycles. The first kappa shape index (κ1) is 11.0. The van der Waals surface area contributed by atoms with Crippen molar-refractivity contribution >= 4 is 5.91 Å². The third kappa shape index (κ3) is 1.67. The van der Waals surface area contributed by atoms with Crippen LogP contribution < -0.4 is 10.6 Å². The number of amides is 1. The Hall–Kier alpha value is -1.49. The summed E-state index contributed by atoms with van der Waals surface area (Å²) in [5.41, 5.74) is -0.971. The van der Waals surface area contributed by atoms with E-state index in [2.05, 4.69) is 10.6 Å². The van der Waals surface area contributed by atoms with Crippen LogP contribution in [-0.2, 0) is 10.3 Å². The average molecular weight is 226 g/mol. The van der Waals surface area contributed by atoms with Gasteiger partial charge >= 0.3 is 0 Å². The van der Waals surface area contributed by atoms with Crippen LogP contribution in [0.5, 0.6) is 0 Å². The Kier molecular flexibility index (Phi) is 2.63. The molecule has 1 unspecified atom stereocenters. The standard InChI is InChI=1S/C11H12F2N2O/c1-11(10(16)14-4-5-15-11)8-3-2-7(12)6-9(8)13/h2-3,6,15H,4-5H2,1H3,(H,14,16). The molecule has 1 aromatic rings. The first-order valence-electron chi connectivity index (χ1n) is 5.03. The van der Waals surface area contributed by atoms with Crippen molar-refractivity contribution in [1.29, 1.82) is 0 Å². The second-order valence-corrected chi connectivity index (χ2v) is 3.93. The number of benzene rings is 1. The van der Waals surface area contributed by atoms with Gasteiger partial charge in [-0.25, -0.2) is 8.78 Å². The minimum Gasteiger partial charge on any atom is -0.353 e. The Labute approximate surface area is 91.8 Å². The second kappa shape index (κ2) is 3.83. The molecule has 16 heavy (non-hydrogen) atoms. The Morgan fingerprint density at radius 2 is 2.06 bits per heavy atom. The monoisotopic (exact) mass is 226 g/mol. The van der Waals surface area contributed by atoms with Crippen LogP contribution in [0.4, 0.5) is 8.78 Å². The van der Waals surface area contributed by atoms with Crippen molar-refractivity contribution < 1.29 is 13.6 Å². The molecule has 2 N–H and O–H groups in total. The number of rotatable bonds is 1. The van der Waals surface area contributed by atoms with Crippen LogP contribution in [0, 0.1) is 11.6 Å². The first-order valence-corrected chi connectivity index (χ1v) is 5.03. The number of hydrogen-bond acceptors (Lipinski definition) is 2. The molecule has 0 aliphatic carbocycles. The van der Waals surface area contributed by atoms with Crippen LogP contribution in [0.2, 0.25) is 0 Å². The number of carbonyl (C=O) groups excluding carboxylic acids is 1. The van der Waals surface area contributed by atoms with Crippen LogP contribution in [0.25, 0.3) is 0 Å². The fourth-order valence-corrected chi connectivity index (χ4v) is 1.86. The summed E-state index contributed by atoms with van der Waals surface area (Å²) in [7, 11) is 0. The Balaban J connectivity index is 2.45. The molecule has 2 rings (SSSR count). The number of halogens is 2. The molecule has 1 fully saturated rings. The van der Waals surface area contributed by atoms with Gasteiger partial charge in [0.05, 0.1) is 0 Å². The summed E-state index contributed by atoms with van der Waals surface area (Å²) in [5.74, 6) is -1.67. The maximum absolute atomic E-state index is 13.6. The highest BCUT2D eigenvalue weighted by Gasteiger charge is 2.38. The van der Waals surface area contributed by atoms with E-state index in [9.17, 15) is 13.6 Å². The van der Waals surface area contributed by atoms with Gasteiger partial charge in [0.15, 0.2) is 0 Å². The second-order valence-electron chi connectivity index (χ2n) is 3.93. The molecule has 0 spiro atoms. The van der Waals surface area contributed by atoms with E-state index in [0.717, 1.165) is 12.1 Å². The average Bonchev–Trinajstić information content (AvgIpc) is 2.22. The number of hydrogen-bond donors (Lipinski definition) is 2. The zero-order valence-corrected chi connectivity index (χ0v) is 8.81. The number of piperazine rings is 1. The zero-order chi connectivity index (χ0) is 11.8. The lowest BCUT2D eigenvalue weighted by molar-refractivity contribution is -0.129. The van der Waals surface area contributed by atoms with Gasteiger partial charge in [-0.15, -0.1) is 0 Å². The van der Waals surface area contributed by atoms with Gasteiger partial charge in [-0.1, -0.05) is 6.07 Å². The third-order valence-electron chi connectivity index (χ3n) is 2.81. The zero-order valence-electron chi connectivity index (χ0n) is 8.81. The fraction of sp³-hybridized carbons (Fsp3) is 0.364. The van der Waals surface area contributed by atoms with Gasteiger partial charge in [0.25, 0.3) is 0 Å². The lowest BCUT2D eigenvalue weighted by atomic mass is 9.89. The molecular weight excluding hydrogens is 214 g/mol. The van der Waals surface area contributed by atoms with Gasteiger partial charge < -0.3 is 5.32 Å². The molecule has 0 saturated carbocycles. The van der Waals surface area contributed by atoms with Crippen LogP contribution in [-0.4, -0.2) is 19.0 Å². The van der Waals surface area contributed by atoms with E-state index in [4.69, 9.17) is 0 Å². The van der Waals surface area contributed by atoms with E-state index >= 15 is 0 Å². The van der Waals surface area contributed by atoms with Gasteiger partial charge in [-0.2, -0.15) is 0 Å². The normalized spacial score (nSPS) is 25.3. The molecule has 1 atom stereocenters. The molecule has 1 amide bonds. The highest BCUT2D eigenvalue weighted by atomic mass is 19.1. The minimum absolute atomic E-state index is 0.158. The highest BCUT2D eigenvalue weighted by molar-refractivity contribution is 5.88. The smallest absolute Gasteiger partial charge is 0.244 e. The van der Waals surface area contributed by atoms with Crippen LogP contribution in [0.3, 0.4) is 0 Å². The maximum atomic E-state index is 13.6. The van der Waals surface area contributed by atoms with E-state index in [-0.39, 0.29) is 11.5 Å². The van der Waals surface area contributed by atoms with Crippen molar-refractivity contribution in [3.8, 4) is 0 Å². The molecule has 0 radical (unpaired) electrons. The summed E-state index contributed by atoms with van der Waals surface area (Å²) in [4.78, 5) is 11.7. The van der Waals surface area contributed by atoms with Gasteiger partial charge in [0.1, 0.15) is 17.2 Å². The highest BCUT2D eigenvalue weighted by Crippen LogP contribution is 2.25. The van der Waals surface area contributed by atoms with E-state index in [1.54, 1.807) is 6.92 Å². The Morgan fingerprint density at radius 3 is 2.69 bits per heavy atom. The summed E-state index contributed by atoms with van der Waals surface area (Å²) in [6, 6.07) is 3.22. The Bertz CT molecular complexity index is 436. The van der Waals surface area contributed by atoms with Crippen molar-refractivity contribution in [3.05, 3.63) is 35.4 Å². The third-order valence-corrected chi connectivity index (χ3v) is 2.81. The molecular formula is C11H12F2N2O. The fourth-order valence-electron chi connectivity index (χ4n) is 1.86. The molecule has 1 saturated heterocycles. The molecule has 0 aromatic heterocycles. The summed E-state index contributed by atoms with van der Waals surface area (Å²) < 4.78 is 26.4. The summed E-state index contributed by atoms with van der Waals surface area (Å²) in [6.07, 6.45) is 0. The first-order chi connectivity index (χ1) is 7.54. The molecule has 1 aliphatic rings. The number of nitrogens with one attached hydrogen (secondary N) is 2. The summed E-state index contributed by atoms with van der Waals surface area (Å²) in [5, 5.41) is 5.60. The SMILES string of the molecule is CC1(c2ccc(F)cc2F)NCCNC1=O. The van der Waals surface area contributed by atoms with Crippen LogP contribution >= 0.6 is 0 Å².